The quantitative estimate of drug-likeness (QED) is 0.540. The van der Waals surface area contributed by atoms with Crippen molar-refractivity contribution in [2.75, 3.05) is 0 Å². The van der Waals surface area contributed by atoms with Gasteiger partial charge in [-0.05, 0) is 56.0 Å². The molecule has 0 aliphatic carbocycles. The topological polar surface area (TPSA) is 0 Å². The van der Waals surface area contributed by atoms with Crippen LogP contribution in [0.5, 0.6) is 0 Å². The minimum Gasteiger partial charge on any atom is -0.0619 e. The fraction of sp³-hybridized carbons (Fsp3) is 0.500. The summed E-state index contributed by atoms with van der Waals surface area (Å²) in [6, 6.07) is 11.0. The van der Waals surface area contributed by atoms with E-state index in [0.29, 0.717) is 10.3 Å². The second-order valence-corrected chi connectivity index (χ2v) is 16.1. The third kappa shape index (κ3) is 2.89. The van der Waals surface area contributed by atoms with Gasteiger partial charge in [0.05, 0.1) is 0 Å². The number of benzene rings is 1. The van der Waals surface area contributed by atoms with E-state index in [9.17, 15) is 0 Å². The van der Waals surface area contributed by atoms with Crippen molar-refractivity contribution in [3.05, 3.63) is 30.3 Å². The molecule has 1 unspecified atom stereocenters. The van der Waals surface area contributed by atoms with Crippen molar-refractivity contribution < 1.29 is 0 Å². The molecule has 0 nitrogen and oxygen atoms in total. The molecule has 14 heavy (non-hydrogen) atoms. The highest BCUT2D eigenvalue weighted by Crippen LogP contribution is 2.28. The van der Waals surface area contributed by atoms with Crippen molar-refractivity contribution in [2.45, 2.75) is 43.6 Å². The second kappa shape index (κ2) is 4.54. The summed E-state index contributed by atoms with van der Waals surface area (Å²) in [6.45, 7) is 12.1. The molecular weight excluding hydrogens is 204 g/mol. The zero-order chi connectivity index (χ0) is 10.8. The lowest BCUT2D eigenvalue weighted by atomic mass is 10.4. The Morgan fingerprint density at radius 2 is 1.50 bits per heavy atom. The van der Waals surface area contributed by atoms with Gasteiger partial charge in [-0.2, -0.15) is 0 Å². The van der Waals surface area contributed by atoms with Crippen LogP contribution in [0, 0.1) is 0 Å². The van der Waals surface area contributed by atoms with E-state index >= 15 is 0 Å². The molecule has 0 spiro atoms. The third-order valence-corrected chi connectivity index (χ3v) is 11.3. The Balaban J connectivity index is 3.02. The number of hydrogen-bond acceptors (Lipinski definition) is 0. The highest BCUT2D eigenvalue weighted by atomic mass is 32.4. The molecule has 0 bridgehead atoms. The Kier molecular flexibility index (Phi) is 3.84. The molecule has 0 amide bonds. The fourth-order valence-electron chi connectivity index (χ4n) is 1.90. The molecule has 1 aromatic carbocycles. The molecule has 0 saturated heterocycles. The van der Waals surface area contributed by atoms with Gasteiger partial charge >= 0.3 is 0 Å². The van der Waals surface area contributed by atoms with E-state index in [1.807, 2.05) is 0 Å². The van der Waals surface area contributed by atoms with Crippen molar-refractivity contribution in [2.24, 2.45) is 0 Å². The first kappa shape index (κ1) is 11.9. The molecule has 1 rings (SSSR count). The standard InChI is InChI=1S/C12H21SSi/c1-11(2)13(14(3,4)5)12-9-7-6-8-10-12/h6-11H,1-5H3/q+1. The predicted octanol–water partition coefficient (Wildman–Crippen LogP) is 3.91. The van der Waals surface area contributed by atoms with Gasteiger partial charge in [0.2, 0.25) is 0 Å². The van der Waals surface area contributed by atoms with E-state index in [1.54, 1.807) is 4.90 Å². The average Bonchev–Trinajstić information content (AvgIpc) is 2.02. The van der Waals surface area contributed by atoms with Gasteiger partial charge in [-0.25, -0.2) is 0 Å². The zero-order valence-corrected chi connectivity index (χ0v) is 11.7. The van der Waals surface area contributed by atoms with Gasteiger partial charge in [-0.1, -0.05) is 18.2 Å². The fourth-order valence-corrected chi connectivity index (χ4v) is 11.8. The monoisotopic (exact) mass is 225 g/mol. The zero-order valence-electron chi connectivity index (χ0n) is 9.87. The van der Waals surface area contributed by atoms with Gasteiger partial charge in [0.25, 0.3) is 7.22 Å². The second-order valence-electron chi connectivity index (χ2n) is 4.81. The first-order valence-corrected chi connectivity index (χ1v) is 10.7. The van der Waals surface area contributed by atoms with E-state index in [0.717, 1.165) is 5.25 Å². The lowest BCUT2D eigenvalue weighted by Crippen LogP contribution is -2.39. The van der Waals surface area contributed by atoms with E-state index in [1.165, 1.54) is 0 Å². The summed E-state index contributed by atoms with van der Waals surface area (Å²) in [7, 11) is -0.581. The van der Waals surface area contributed by atoms with Crippen LogP contribution in [0.15, 0.2) is 35.2 Å². The molecule has 0 aliphatic rings. The largest absolute Gasteiger partial charge is 0.294 e. The van der Waals surface area contributed by atoms with Crippen molar-refractivity contribution >= 4 is 17.6 Å². The maximum absolute atomic E-state index is 2.48. The van der Waals surface area contributed by atoms with Gasteiger partial charge in [0, 0.05) is 0 Å². The first-order chi connectivity index (χ1) is 6.43. The molecule has 2 heteroatoms. The maximum atomic E-state index is 2.48. The molecule has 0 fully saturated rings. The average molecular weight is 225 g/mol. The Morgan fingerprint density at radius 1 is 1.00 bits per heavy atom. The Morgan fingerprint density at radius 3 is 1.86 bits per heavy atom. The van der Waals surface area contributed by atoms with Gasteiger partial charge in [-0.15, -0.1) is 0 Å². The molecule has 1 aromatic rings. The third-order valence-electron chi connectivity index (χ3n) is 2.13. The Bertz CT molecular complexity index is 274. The van der Waals surface area contributed by atoms with Gasteiger partial charge < -0.3 is 0 Å². The summed E-state index contributed by atoms with van der Waals surface area (Å²) in [6.07, 6.45) is 0. The summed E-state index contributed by atoms with van der Waals surface area (Å²) in [5.74, 6) is 0. The molecule has 0 radical (unpaired) electrons. The van der Waals surface area contributed by atoms with Crippen LogP contribution in [0.3, 0.4) is 0 Å². The summed E-state index contributed by atoms with van der Waals surface area (Å²) < 4.78 is 0. The van der Waals surface area contributed by atoms with E-state index in [-0.39, 0.29) is 0 Å². The van der Waals surface area contributed by atoms with Crippen LogP contribution in [0.1, 0.15) is 13.8 Å². The van der Waals surface area contributed by atoms with Gasteiger partial charge in [0.1, 0.15) is 10.1 Å². The summed E-state index contributed by atoms with van der Waals surface area (Å²) in [5.41, 5.74) is 0. The minimum atomic E-state index is -1.06. The van der Waals surface area contributed by atoms with E-state index in [4.69, 9.17) is 0 Å². The Labute approximate surface area is 91.7 Å². The van der Waals surface area contributed by atoms with Crippen LogP contribution >= 0.6 is 0 Å². The van der Waals surface area contributed by atoms with Crippen LogP contribution in [0.2, 0.25) is 19.6 Å². The highest BCUT2D eigenvalue weighted by molar-refractivity contribution is 8.26. The molecule has 78 valence electrons. The van der Waals surface area contributed by atoms with Crippen molar-refractivity contribution in [3.8, 4) is 0 Å². The Hall–Kier alpha value is -0.213. The normalized spacial score (nSPS) is 14.4. The van der Waals surface area contributed by atoms with E-state index < -0.39 is 7.22 Å². The maximum Gasteiger partial charge on any atom is 0.294 e. The number of rotatable bonds is 3. The van der Waals surface area contributed by atoms with Gasteiger partial charge in [0.15, 0.2) is 0 Å². The van der Waals surface area contributed by atoms with Crippen LogP contribution in [0.25, 0.3) is 0 Å². The molecule has 0 aliphatic heterocycles. The SMILES string of the molecule is CC(C)[S+](c1ccccc1)[Si](C)(C)C. The molecule has 0 saturated carbocycles. The van der Waals surface area contributed by atoms with Crippen molar-refractivity contribution in [1.29, 1.82) is 0 Å². The lowest BCUT2D eigenvalue weighted by molar-refractivity contribution is 1.10. The lowest BCUT2D eigenvalue weighted by Gasteiger charge is -2.22. The minimum absolute atomic E-state index is 0.482. The molecule has 0 N–H and O–H groups in total. The molecule has 0 heterocycles. The predicted molar refractivity (Wildman–Crippen MR) is 70.6 cm³/mol. The number of hydrogen-bond donors (Lipinski definition) is 0. The van der Waals surface area contributed by atoms with Crippen LogP contribution in [0.4, 0.5) is 0 Å². The van der Waals surface area contributed by atoms with Crippen LogP contribution in [-0.2, 0) is 10.3 Å². The molecule has 1 atom stereocenters. The molecule has 0 aromatic heterocycles. The molecular formula is C12H21SSi+. The summed E-state index contributed by atoms with van der Waals surface area (Å²) in [5, 5.41) is 0.782. The van der Waals surface area contributed by atoms with Gasteiger partial charge in [-0.3, -0.25) is 0 Å². The van der Waals surface area contributed by atoms with Crippen molar-refractivity contribution in [3.63, 3.8) is 0 Å². The highest BCUT2D eigenvalue weighted by Gasteiger charge is 2.41. The smallest absolute Gasteiger partial charge is 0.0619 e. The summed E-state index contributed by atoms with van der Waals surface area (Å²) in [4.78, 5) is 1.56. The van der Waals surface area contributed by atoms with Crippen LogP contribution < -0.4 is 0 Å². The van der Waals surface area contributed by atoms with Crippen LogP contribution in [-0.4, -0.2) is 12.5 Å². The first-order valence-electron chi connectivity index (χ1n) is 5.21. The summed E-state index contributed by atoms with van der Waals surface area (Å²) >= 11 is 0. The van der Waals surface area contributed by atoms with E-state index in [2.05, 4.69) is 63.8 Å². The van der Waals surface area contributed by atoms with Crippen molar-refractivity contribution in [1.82, 2.24) is 0 Å².